The Morgan fingerprint density at radius 2 is 1.00 bits per heavy atom. The van der Waals surface area contributed by atoms with E-state index in [-0.39, 0.29) is 42.7 Å². The molecule has 49 heavy (non-hydrogen) atoms. The Morgan fingerprint density at radius 1 is 0.694 bits per heavy atom. The zero-order valence-electron chi connectivity index (χ0n) is 34.1. The summed E-state index contributed by atoms with van der Waals surface area (Å²) in [5.74, 6) is 0.330. The first-order chi connectivity index (χ1) is 22.1. The molecule has 0 aliphatic carbocycles. The van der Waals surface area contributed by atoms with Gasteiger partial charge in [-0.05, 0) is 118 Å². The lowest BCUT2D eigenvalue weighted by atomic mass is 9.80. The number of nitrogens with two attached hydrogens (primary N) is 1. The van der Waals surface area contributed by atoms with Gasteiger partial charge in [0.25, 0.3) is 0 Å². The maximum atomic E-state index is 13.2. The average molecular weight is 747 g/mol. The van der Waals surface area contributed by atoms with Crippen LogP contribution in [0.5, 0.6) is 0 Å². The Labute approximate surface area is 300 Å². The van der Waals surface area contributed by atoms with Crippen LogP contribution >= 0.6 is 15.9 Å². The van der Waals surface area contributed by atoms with E-state index in [0.717, 1.165) is 0 Å². The number of carbonyl (C=O) groups excluding carboxylic acids is 1. The SMILES string of the molecule is CC(C)(C)N.CCON1C(C)(C)CC(=O)CC1(C)C.CCON1C(C)(C)CC(O)(P(=O)(OCC)OCC)CC1(C)C.CCO[P+](=O)OCC. The van der Waals surface area contributed by atoms with Gasteiger partial charge in [-0.1, -0.05) is 0 Å². The number of piperidine rings is 2. The molecule has 0 aromatic carbocycles. The maximum Gasteiger partial charge on any atom is 0.697 e. The van der Waals surface area contributed by atoms with Crippen LogP contribution in [-0.2, 0) is 41.7 Å². The number of ketones is 1. The first-order valence-electron chi connectivity index (χ1n) is 17.6. The van der Waals surface area contributed by atoms with Gasteiger partial charge in [-0.15, -0.1) is 9.05 Å². The van der Waals surface area contributed by atoms with Gasteiger partial charge in [-0.3, -0.25) is 19.0 Å². The van der Waals surface area contributed by atoms with Crippen LogP contribution in [-0.4, -0.2) is 93.7 Å². The lowest BCUT2D eigenvalue weighted by molar-refractivity contribution is -0.295. The van der Waals surface area contributed by atoms with E-state index >= 15 is 0 Å². The van der Waals surface area contributed by atoms with Gasteiger partial charge < -0.3 is 19.9 Å². The molecule has 0 amide bonds. The summed E-state index contributed by atoms with van der Waals surface area (Å²) >= 11 is 0. The summed E-state index contributed by atoms with van der Waals surface area (Å²) in [6.07, 6.45) is 1.66. The molecular formula is C34H74N3O10P2+. The molecule has 2 aliphatic heterocycles. The number of hydrogen-bond donors (Lipinski definition) is 2. The molecule has 0 atom stereocenters. The number of aliphatic hydroxyl groups is 1. The van der Waals surface area contributed by atoms with E-state index in [9.17, 15) is 19.0 Å². The molecule has 0 bridgehead atoms. The monoisotopic (exact) mass is 746 g/mol. The van der Waals surface area contributed by atoms with Gasteiger partial charge in [0.2, 0.25) is 0 Å². The van der Waals surface area contributed by atoms with E-state index in [0.29, 0.717) is 45.1 Å². The third-order valence-electron chi connectivity index (χ3n) is 6.98. The highest BCUT2D eigenvalue weighted by Gasteiger charge is 2.61. The highest BCUT2D eigenvalue weighted by Crippen LogP contribution is 2.66. The first kappa shape index (κ1) is 50.7. The molecule has 2 fully saturated rings. The van der Waals surface area contributed by atoms with Crippen molar-refractivity contribution < 1.29 is 46.8 Å². The first-order valence-corrected chi connectivity index (χ1v) is 20.2. The Balaban J connectivity index is 0. The predicted octanol–water partition coefficient (Wildman–Crippen LogP) is 8.17. The molecule has 0 saturated carbocycles. The van der Waals surface area contributed by atoms with Crippen molar-refractivity contribution in [3.05, 3.63) is 0 Å². The second-order valence-corrected chi connectivity index (χ2v) is 19.0. The minimum absolute atomic E-state index is 0. The maximum absolute atomic E-state index is 13.2. The molecule has 13 nitrogen and oxygen atoms in total. The minimum Gasteiger partial charge on any atom is -0.377 e. The number of rotatable bonds is 13. The van der Waals surface area contributed by atoms with E-state index in [1.165, 1.54) is 0 Å². The number of hydroxylamine groups is 4. The van der Waals surface area contributed by atoms with Gasteiger partial charge in [0, 0.05) is 57.9 Å². The van der Waals surface area contributed by atoms with Gasteiger partial charge >= 0.3 is 15.9 Å². The fourth-order valence-electron chi connectivity index (χ4n) is 6.42. The predicted molar refractivity (Wildman–Crippen MR) is 197 cm³/mol. The van der Waals surface area contributed by atoms with Crippen molar-refractivity contribution in [1.82, 2.24) is 10.1 Å². The Morgan fingerprint density at radius 3 is 1.27 bits per heavy atom. The van der Waals surface area contributed by atoms with E-state index in [4.69, 9.17) is 24.5 Å². The van der Waals surface area contributed by atoms with Crippen molar-refractivity contribution in [2.24, 2.45) is 5.73 Å². The molecule has 2 rings (SSSR count). The van der Waals surface area contributed by atoms with Crippen LogP contribution in [0.15, 0.2) is 0 Å². The van der Waals surface area contributed by atoms with E-state index in [1.807, 2.05) is 72.4 Å². The molecule has 0 radical (unpaired) electrons. The van der Waals surface area contributed by atoms with Crippen molar-refractivity contribution in [3.63, 3.8) is 0 Å². The summed E-state index contributed by atoms with van der Waals surface area (Å²) in [5.41, 5.74) is 3.98. The molecule has 15 heteroatoms. The van der Waals surface area contributed by atoms with Crippen molar-refractivity contribution in [3.8, 4) is 0 Å². The standard InChI is InChI=1S/C15H32NO5P.C11H21NO2.C4H11N.C4H10O3P/c1-8-19-16-13(4,5)11-15(17,12-14(16,6)7)22(18,20-9-2)21-10-3;1-6-14-12-10(2,3)7-9(13)8-11(12,4)5;1-4(2,3)5;1-3-6-8(5)7-4-2/h17H,8-12H2,1-7H3;6-8H2,1-5H3;5H2,1-3H3;3-4H2,1-2H3/q;;;+1. The normalized spacial score (nSPS) is 21.2. The number of carbonyl (C=O) groups is 1. The second-order valence-electron chi connectivity index (χ2n) is 15.7. The number of Topliss-reactive ketones (excluding diaryl/α,β-unsaturated/α-hetero) is 1. The highest BCUT2D eigenvalue weighted by atomic mass is 31.2. The smallest absolute Gasteiger partial charge is 0.377 e. The van der Waals surface area contributed by atoms with E-state index < -0.39 is 32.3 Å². The number of nitrogens with zero attached hydrogens (tertiary/aromatic N) is 2. The summed E-state index contributed by atoms with van der Waals surface area (Å²) in [7, 11) is -5.47. The van der Waals surface area contributed by atoms with Gasteiger partial charge in [-0.25, -0.2) is 0 Å². The topological polar surface area (TPSA) is 159 Å². The zero-order valence-corrected chi connectivity index (χ0v) is 35.8. The van der Waals surface area contributed by atoms with Gasteiger partial charge in [-0.2, -0.15) is 10.1 Å². The van der Waals surface area contributed by atoms with Gasteiger partial charge in [0.15, 0.2) is 5.34 Å². The molecule has 294 valence electrons. The molecule has 0 unspecified atom stereocenters. The zero-order chi connectivity index (χ0) is 39.1. The fraction of sp³-hybridized carbons (Fsp3) is 0.971. The largest absolute Gasteiger partial charge is 0.697 e. The summed E-state index contributed by atoms with van der Waals surface area (Å²) in [5, 5.41) is 13.6. The van der Waals surface area contributed by atoms with Gasteiger partial charge in [0.05, 0.1) is 26.4 Å². The molecule has 0 aromatic heterocycles. The lowest BCUT2D eigenvalue weighted by Crippen LogP contribution is -2.65. The summed E-state index contributed by atoms with van der Waals surface area (Å²) in [6, 6.07) is 0. The molecule has 3 N–H and O–H groups in total. The average Bonchev–Trinajstić information content (AvgIpc) is 2.87. The molecule has 2 heterocycles. The summed E-state index contributed by atoms with van der Waals surface area (Å²) in [4.78, 5) is 23.0. The Bertz CT molecular complexity index is 970. The summed E-state index contributed by atoms with van der Waals surface area (Å²) < 4.78 is 43.5. The van der Waals surface area contributed by atoms with Crippen LogP contribution < -0.4 is 5.73 Å². The van der Waals surface area contributed by atoms with E-state index in [1.54, 1.807) is 27.7 Å². The molecule has 2 saturated heterocycles. The minimum atomic E-state index is -3.64. The Kier molecular flexibility index (Phi) is 22.1. The van der Waals surface area contributed by atoms with Crippen LogP contribution in [0.3, 0.4) is 0 Å². The van der Waals surface area contributed by atoms with Crippen LogP contribution in [0.25, 0.3) is 0 Å². The van der Waals surface area contributed by atoms with Crippen molar-refractivity contribution in [1.29, 1.82) is 0 Å². The third kappa shape index (κ3) is 17.8. The summed E-state index contributed by atoms with van der Waals surface area (Å²) in [6.45, 7) is 35.5. The van der Waals surface area contributed by atoms with E-state index in [2.05, 4.69) is 36.7 Å². The van der Waals surface area contributed by atoms with Crippen LogP contribution in [0.1, 0.15) is 143 Å². The quantitative estimate of drug-likeness (QED) is 0.174. The van der Waals surface area contributed by atoms with Crippen molar-refractivity contribution in [2.75, 3.05) is 39.6 Å². The third-order valence-corrected chi connectivity index (χ3v) is 10.5. The second kappa shape index (κ2) is 21.3. The van der Waals surface area contributed by atoms with Crippen LogP contribution in [0.4, 0.5) is 0 Å². The fourth-order valence-corrected chi connectivity index (χ4v) is 9.31. The molecular weight excluding hydrogens is 672 g/mol. The number of hydrogen-bond acceptors (Lipinski definition) is 13. The van der Waals surface area contributed by atoms with Crippen molar-refractivity contribution in [2.45, 2.75) is 176 Å². The van der Waals surface area contributed by atoms with Crippen LogP contribution in [0, 0.1) is 0 Å². The highest BCUT2D eigenvalue weighted by molar-refractivity contribution is 7.55. The van der Waals surface area contributed by atoms with Crippen molar-refractivity contribution >= 4 is 21.6 Å². The van der Waals surface area contributed by atoms with Crippen LogP contribution in [0.2, 0.25) is 0 Å². The molecule has 2 aliphatic rings. The van der Waals surface area contributed by atoms with Gasteiger partial charge in [0.1, 0.15) is 19.0 Å². The molecule has 0 spiro atoms. The molecule has 0 aromatic rings. The Hall–Kier alpha value is -0.400. The lowest BCUT2D eigenvalue weighted by Gasteiger charge is -2.56.